The monoisotopic (exact) mass is 468 g/mol. The van der Waals surface area contributed by atoms with Crippen LogP contribution in [0.3, 0.4) is 0 Å². The molecule has 0 aromatic heterocycles. The van der Waals surface area contributed by atoms with Crippen molar-refractivity contribution in [2.75, 3.05) is 20.1 Å². The van der Waals surface area contributed by atoms with Crippen molar-refractivity contribution < 1.29 is 28.5 Å². The van der Waals surface area contributed by atoms with Crippen LogP contribution in [0.5, 0.6) is 11.5 Å². The Hall–Kier alpha value is -1.83. The number of aryl methyl sites for hydroxylation is 2. The molecule has 0 fully saturated rings. The molecule has 1 unspecified atom stereocenters. The summed E-state index contributed by atoms with van der Waals surface area (Å²) in [6.45, 7) is 0.965. The van der Waals surface area contributed by atoms with Crippen LogP contribution < -0.4 is 19.9 Å². The summed E-state index contributed by atoms with van der Waals surface area (Å²) in [6, 6.07) is 9.00. The summed E-state index contributed by atoms with van der Waals surface area (Å²) in [5, 5.41) is 25.3. The first kappa shape index (κ1) is 24.8. The van der Waals surface area contributed by atoms with Crippen LogP contribution in [0.2, 0.25) is 0 Å². The zero-order valence-electron chi connectivity index (χ0n) is 18.1. The van der Waals surface area contributed by atoms with Crippen LogP contribution in [-0.4, -0.2) is 54.8 Å². The van der Waals surface area contributed by atoms with Crippen molar-refractivity contribution in [1.82, 2.24) is 10.4 Å². The molecule has 2 aromatic rings. The summed E-state index contributed by atoms with van der Waals surface area (Å²) in [7, 11) is 4.13. The van der Waals surface area contributed by atoms with E-state index in [0.717, 1.165) is 30.4 Å². The molecule has 0 amide bonds. The molecule has 2 aliphatic rings. The minimum absolute atomic E-state index is 0.203. The molecule has 0 saturated carbocycles. The van der Waals surface area contributed by atoms with Crippen molar-refractivity contribution in [3.8, 4) is 11.5 Å². The quantitative estimate of drug-likeness (QED) is 0.488. The zero-order valence-corrected chi connectivity index (χ0v) is 19.2. The molecular weight excluding hydrogens is 437 g/mol. The van der Waals surface area contributed by atoms with Gasteiger partial charge in [0.15, 0.2) is 0 Å². The lowest BCUT2D eigenvalue weighted by Gasteiger charge is -2.29. The molecule has 0 saturated heterocycles. The predicted molar refractivity (Wildman–Crippen MR) is 122 cm³/mol. The summed E-state index contributed by atoms with van der Waals surface area (Å²) in [4.78, 5) is 0. The van der Waals surface area contributed by atoms with Crippen molar-refractivity contribution in [3.63, 3.8) is 0 Å². The molecule has 32 heavy (non-hydrogen) atoms. The molecule has 9 heteroatoms. The van der Waals surface area contributed by atoms with Gasteiger partial charge in [0.25, 0.3) is 0 Å². The van der Waals surface area contributed by atoms with Crippen LogP contribution >= 0.6 is 9.39 Å². The number of likely N-dealkylation sites (N-methyl/N-ethyl adjacent to an activating group) is 1. The molecule has 0 radical (unpaired) electrons. The number of fused-ring (bicyclic) bond motifs is 2. The fourth-order valence-electron chi connectivity index (χ4n) is 3.89. The lowest BCUT2D eigenvalue weighted by molar-refractivity contribution is 0.0255. The van der Waals surface area contributed by atoms with Gasteiger partial charge in [0.2, 0.25) is 0 Å². The summed E-state index contributed by atoms with van der Waals surface area (Å²) >= 11 is 0. The van der Waals surface area contributed by atoms with Gasteiger partial charge in [0.05, 0.1) is 0 Å². The fraction of sp³-hybridized carbons (Fsp3) is 0.478. The maximum atomic E-state index is 13.0. The fourth-order valence-corrected chi connectivity index (χ4v) is 4.13. The van der Waals surface area contributed by atoms with Gasteiger partial charge in [-0.3, -0.25) is 5.09 Å². The number of aliphatic hydroxyl groups is 2. The average Bonchev–Trinajstić information content (AvgIpc) is 2.79. The first-order chi connectivity index (χ1) is 15.4. The number of nitrogens with one attached hydrogen (secondary N) is 2. The third kappa shape index (κ3) is 6.59. The van der Waals surface area contributed by atoms with Crippen molar-refractivity contribution in [2.24, 2.45) is 0 Å². The van der Waals surface area contributed by atoms with Gasteiger partial charge in [0.1, 0.15) is 47.5 Å². The Morgan fingerprint density at radius 3 is 1.81 bits per heavy atom. The second-order valence-electron chi connectivity index (χ2n) is 7.99. The normalized spacial score (nSPS) is 21.1. The summed E-state index contributed by atoms with van der Waals surface area (Å²) in [5.74, 6) is 0.887. The van der Waals surface area contributed by atoms with E-state index in [2.05, 4.69) is 19.8 Å². The highest BCUT2D eigenvalue weighted by molar-refractivity contribution is 7.13. The van der Waals surface area contributed by atoms with E-state index in [1.54, 1.807) is 19.2 Å². The molecule has 2 heterocycles. The highest BCUT2D eigenvalue weighted by atomic mass is 31.0. The Bertz CT molecular complexity index is 818. The molecule has 4 N–H and O–H groups in total. The second kappa shape index (κ2) is 11.9. The Morgan fingerprint density at radius 1 is 0.906 bits per heavy atom. The van der Waals surface area contributed by atoms with Gasteiger partial charge in [-0.15, -0.1) is 0 Å². The number of ether oxygens (including phenoxy) is 2. The Labute approximate surface area is 189 Å². The molecule has 6 nitrogen and oxygen atoms in total. The van der Waals surface area contributed by atoms with E-state index in [4.69, 9.17) is 9.47 Å². The smallest absolute Gasteiger partial charge is 0.126 e. The molecule has 0 bridgehead atoms. The molecule has 0 aliphatic carbocycles. The first-order valence-electron chi connectivity index (χ1n) is 10.8. The van der Waals surface area contributed by atoms with Crippen molar-refractivity contribution >= 4 is 9.39 Å². The standard InChI is InChI=1S/C12H16FNO2.C11H15FNO2P/c1-14-7-10(15)12-4-2-8-6-9(13)3-5-11(8)16-12;12-8-2-4-10-7(5-8)1-3-11(15-10)9(14)6-13-16/h3,5-6,10,12,14-15H,2,4,7H2,1H3;2,4-5,9,11,13-14H,1,3,6,16H2/t10-,12-;9-,11+/m11/s1. The maximum Gasteiger partial charge on any atom is 0.126 e. The van der Waals surface area contributed by atoms with Gasteiger partial charge in [-0.2, -0.15) is 0 Å². The van der Waals surface area contributed by atoms with E-state index < -0.39 is 12.2 Å². The van der Waals surface area contributed by atoms with Crippen molar-refractivity contribution in [3.05, 3.63) is 59.2 Å². The molecule has 2 aromatic carbocycles. The minimum atomic E-state index is -0.546. The lowest BCUT2D eigenvalue weighted by atomic mass is 9.99. The van der Waals surface area contributed by atoms with Crippen molar-refractivity contribution in [2.45, 2.75) is 50.1 Å². The number of aliphatic hydroxyl groups excluding tert-OH is 2. The van der Waals surface area contributed by atoms with Gasteiger partial charge >= 0.3 is 0 Å². The molecular formula is C23H31F2N2O4P. The van der Waals surface area contributed by atoms with Crippen molar-refractivity contribution in [1.29, 1.82) is 0 Å². The van der Waals surface area contributed by atoms with Gasteiger partial charge in [-0.25, -0.2) is 8.78 Å². The predicted octanol–water partition coefficient (Wildman–Crippen LogP) is 2.36. The Kier molecular flexibility index (Phi) is 9.20. The largest absolute Gasteiger partial charge is 0.487 e. The average molecular weight is 468 g/mol. The van der Waals surface area contributed by atoms with E-state index in [-0.39, 0.29) is 23.8 Å². The van der Waals surface area contributed by atoms with Crippen LogP contribution in [0.15, 0.2) is 36.4 Å². The second-order valence-corrected chi connectivity index (χ2v) is 8.40. The number of benzene rings is 2. The summed E-state index contributed by atoms with van der Waals surface area (Å²) in [6.07, 6.45) is 1.43. The first-order valence-corrected chi connectivity index (χ1v) is 11.3. The third-order valence-electron chi connectivity index (χ3n) is 5.60. The SMILES string of the molecule is CNC[C@@H](O)[C@H]1CCc2cc(F)ccc2O1.O[C@H](CNP)[C@@H]1CCc2cc(F)ccc2O1. The molecule has 0 spiro atoms. The van der Waals surface area contributed by atoms with E-state index in [0.29, 0.717) is 31.0 Å². The highest BCUT2D eigenvalue weighted by Gasteiger charge is 2.27. The minimum Gasteiger partial charge on any atom is -0.487 e. The van der Waals surface area contributed by atoms with Gasteiger partial charge in [-0.1, -0.05) is 9.39 Å². The lowest BCUT2D eigenvalue weighted by Crippen LogP contribution is -2.40. The van der Waals surface area contributed by atoms with Crippen LogP contribution in [-0.2, 0) is 12.8 Å². The van der Waals surface area contributed by atoms with Crippen LogP contribution in [0.25, 0.3) is 0 Å². The molecule has 176 valence electrons. The Morgan fingerprint density at radius 2 is 1.38 bits per heavy atom. The molecule has 2 aliphatic heterocycles. The summed E-state index contributed by atoms with van der Waals surface area (Å²) < 4.78 is 37.2. The van der Waals surface area contributed by atoms with E-state index in [9.17, 15) is 19.0 Å². The van der Waals surface area contributed by atoms with Crippen LogP contribution in [0.4, 0.5) is 8.78 Å². The molecule has 4 rings (SSSR count). The van der Waals surface area contributed by atoms with E-state index in [1.807, 2.05) is 0 Å². The number of rotatable bonds is 6. The maximum absolute atomic E-state index is 13.0. The van der Waals surface area contributed by atoms with Crippen LogP contribution in [0, 0.1) is 11.6 Å². The zero-order chi connectivity index (χ0) is 23.1. The van der Waals surface area contributed by atoms with E-state index >= 15 is 0 Å². The van der Waals surface area contributed by atoms with Crippen LogP contribution in [0.1, 0.15) is 24.0 Å². The van der Waals surface area contributed by atoms with Gasteiger partial charge in [-0.05, 0) is 80.3 Å². The Balaban J connectivity index is 0.000000181. The van der Waals surface area contributed by atoms with E-state index in [1.165, 1.54) is 24.3 Å². The van der Waals surface area contributed by atoms with Gasteiger partial charge < -0.3 is 25.0 Å². The topological polar surface area (TPSA) is 83.0 Å². The van der Waals surface area contributed by atoms with Gasteiger partial charge in [0, 0.05) is 13.1 Å². The number of halogens is 2. The summed E-state index contributed by atoms with van der Waals surface area (Å²) in [5.41, 5.74) is 1.76. The number of hydrogen-bond acceptors (Lipinski definition) is 6. The number of hydrogen-bond donors (Lipinski definition) is 4. The third-order valence-corrected chi connectivity index (χ3v) is 5.83. The molecule has 5 atom stereocenters. The highest BCUT2D eigenvalue weighted by Crippen LogP contribution is 2.30.